The summed E-state index contributed by atoms with van der Waals surface area (Å²) in [6.07, 6.45) is 3.35. The van der Waals surface area contributed by atoms with Crippen LogP contribution >= 0.6 is 0 Å². The molecule has 45 heavy (non-hydrogen) atoms. The van der Waals surface area contributed by atoms with Crippen LogP contribution in [0.25, 0.3) is 6.08 Å². The number of rotatable bonds is 7. The average Bonchev–Trinajstić information content (AvgIpc) is 3.55. The quantitative estimate of drug-likeness (QED) is 0.232. The van der Waals surface area contributed by atoms with Crippen molar-refractivity contribution in [3.05, 3.63) is 84.4 Å². The van der Waals surface area contributed by atoms with E-state index in [4.69, 9.17) is 14.5 Å². The zero-order chi connectivity index (χ0) is 33.8. The number of nitrogens with zero attached hydrogens (tertiary/aromatic N) is 1. The molecule has 0 aromatic carbocycles. The number of aliphatic imine (C=N–C) groups is 1. The lowest BCUT2D eigenvalue weighted by atomic mass is 10.0. The molecule has 242 valence electrons. The normalized spacial score (nSPS) is 14.9. The standard InChI is InChI=1S/C37H50N4O4/c1-18-20(3)28(16-30-22(5)24(7)32(40-30)34(42)44-36(9,10)11)38-26(18)15-27-19(2)21(4)29(39-27)17-31-23(6)25(8)33(41-31)35(43)45-37(12,13)14/h15,38,40-41H,16-17H2,1-14H3/b27-15-. The number of hydrogen-bond donors (Lipinski definition) is 3. The van der Waals surface area contributed by atoms with Gasteiger partial charge in [-0.15, -0.1) is 0 Å². The molecule has 0 aliphatic carbocycles. The Balaban J connectivity index is 1.60. The molecule has 0 unspecified atom stereocenters. The van der Waals surface area contributed by atoms with Crippen molar-refractivity contribution in [2.24, 2.45) is 4.99 Å². The first kappa shape index (κ1) is 33.8. The van der Waals surface area contributed by atoms with Crippen molar-refractivity contribution in [1.29, 1.82) is 0 Å². The SMILES string of the molecule is CC1=C(C)/C(=C/c2[nH]c(Cc3[nH]c(C(=O)OC(C)(C)C)c(C)c3C)c(C)c2C)N=C1Cc1[nH]c(C(=O)OC(C)(C)C)c(C)c1C. The molecule has 1 aliphatic heterocycles. The molecule has 0 spiro atoms. The van der Waals surface area contributed by atoms with Gasteiger partial charge in [0.25, 0.3) is 0 Å². The second-order valence-corrected chi connectivity index (χ2v) is 14.4. The Morgan fingerprint density at radius 2 is 1.02 bits per heavy atom. The molecule has 1 aliphatic rings. The molecule has 0 bridgehead atoms. The van der Waals surface area contributed by atoms with Gasteiger partial charge in [-0.2, -0.15) is 0 Å². The molecule has 0 radical (unpaired) electrons. The van der Waals surface area contributed by atoms with Gasteiger partial charge >= 0.3 is 11.9 Å². The van der Waals surface area contributed by atoms with Crippen molar-refractivity contribution in [3.63, 3.8) is 0 Å². The fourth-order valence-electron chi connectivity index (χ4n) is 5.54. The van der Waals surface area contributed by atoms with Gasteiger partial charge in [0.15, 0.2) is 0 Å². The van der Waals surface area contributed by atoms with Gasteiger partial charge in [0.1, 0.15) is 22.6 Å². The van der Waals surface area contributed by atoms with E-state index in [2.05, 4.69) is 48.7 Å². The summed E-state index contributed by atoms with van der Waals surface area (Å²) < 4.78 is 11.2. The maximum Gasteiger partial charge on any atom is 0.355 e. The molecular formula is C37H50N4O4. The summed E-state index contributed by atoms with van der Waals surface area (Å²) >= 11 is 0. The van der Waals surface area contributed by atoms with E-state index in [9.17, 15) is 9.59 Å². The molecule has 4 heterocycles. The van der Waals surface area contributed by atoms with E-state index < -0.39 is 11.2 Å². The molecular weight excluding hydrogens is 564 g/mol. The number of allylic oxidation sites excluding steroid dienone is 2. The van der Waals surface area contributed by atoms with Crippen LogP contribution in [0, 0.1) is 41.5 Å². The second-order valence-electron chi connectivity index (χ2n) is 14.4. The zero-order valence-electron chi connectivity index (χ0n) is 29.6. The van der Waals surface area contributed by atoms with Crippen LogP contribution < -0.4 is 0 Å². The Labute approximate surface area is 267 Å². The lowest BCUT2D eigenvalue weighted by molar-refractivity contribution is 0.00501. The lowest BCUT2D eigenvalue weighted by Gasteiger charge is -2.19. The van der Waals surface area contributed by atoms with Gasteiger partial charge in [-0.1, -0.05) is 0 Å². The monoisotopic (exact) mass is 614 g/mol. The van der Waals surface area contributed by atoms with E-state index >= 15 is 0 Å². The molecule has 0 atom stereocenters. The maximum absolute atomic E-state index is 12.8. The second kappa shape index (κ2) is 12.0. The molecule has 0 fully saturated rings. The van der Waals surface area contributed by atoms with Gasteiger partial charge in [-0.05, 0) is 148 Å². The third kappa shape index (κ3) is 7.10. The van der Waals surface area contributed by atoms with Crippen molar-refractivity contribution in [1.82, 2.24) is 15.0 Å². The molecule has 8 heteroatoms. The molecule has 8 nitrogen and oxygen atoms in total. The first-order chi connectivity index (χ1) is 20.7. The van der Waals surface area contributed by atoms with Crippen molar-refractivity contribution >= 4 is 23.7 Å². The Morgan fingerprint density at radius 3 is 1.49 bits per heavy atom. The van der Waals surface area contributed by atoms with Crippen molar-refractivity contribution in [2.75, 3.05) is 0 Å². The minimum Gasteiger partial charge on any atom is -0.455 e. The predicted molar refractivity (Wildman–Crippen MR) is 181 cm³/mol. The van der Waals surface area contributed by atoms with Crippen LogP contribution in [0.4, 0.5) is 0 Å². The van der Waals surface area contributed by atoms with Gasteiger partial charge in [0, 0.05) is 35.6 Å². The summed E-state index contributed by atoms with van der Waals surface area (Å²) in [7, 11) is 0. The van der Waals surface area contributed by atoms with Crippen LogP contribution in [0.3, 0.4) is 0 Å². The fraction of sp³-hybridized carbons (Fsp3) is 0.486. The van der Waals surface area contributed by atoms with E-state index in [0.29, 0.717) is 24.2 Å². The maximum atomic E-state index is 12.8. The third-order valence-corrected chi connectivity index (χ3v) is 8.86. The fourth-order valence-corrected chi connectivity index (χ4v) is 5.54. The van der Waals surface area contributed by atoms with Gasteiger partial charge in [0.2, 0.25) is 0 Å². The third-order valence-electron chi connectivity index (χ3n) is 8.86. The zero-order valence-corrected chi connectivity index (χ0v) is 29.6. The summed E-state index contributed by atoms with van der Waals surface area (Å²) in [6, 6.07) is 0. The minimum absolute atomic E-state index is 0.336. The molecule has 3 aromatic rings. The van der Waals surface area contributed by atoms with E-state index in [1.54, 1.807) is 0 Å². The smallest absolute Gasteiger partial charge is 0.355 e. The highest BCUT2D eigenvalue weighted by atomic mass is 16.6. The van der Waals surface area contributed by atoms with Crippen LogP contribution in [-0.4, -0.2) is 43.8 Å². The van der Waals surface area contributed by atoms with Gasteiger partial charge < -0.3 is 24.4 Å². The number of esters is 2. The van der Waals surface area contributed by atoms with Crippen LogP contribution in [0.1, 0.15) is 133 Å². The molecule has 4 rings (SSSR count). The topological polar surface area (TPSA) is 112 Å². The highest BCUT2D eigenvalue weighted by molar-refractivity contribution is 6.06. The number of carbonyl (C=O) groups is 2. The van der Waals surface area contributed by atoms with Crippen LogP contribution in [-0.2, 0) is 22.3 Å². The van der Waals surface area contributed by atoms with Crippen LogP contribution in [0.5, 0.6) is 0 Å². The van der Waals surface area contributed by atoms with E-state index in [-0.39, 0.29) is 11.9 Å². The van der Waals surface area contributed by atoms with Crippen molar-refractivity contribution in [2.45, 2.75) is 121 Å². The molecule has 0 saturated carbocycles. The van der Waals surface area contributed by atoms with Crippen LogP contribution in [0.2, 0.25) is 0 Å². The number of aromatic amines is 3. The number of nitrogens with one attached hydrogen (secondary N) is 3. The number of ether oxygens (including phenoxy) is 2. The summed E-state index contributed by atoms with van der Waals surface area (Å²) in [5.74, 6) is -0.677. The predicted octanol–water partition coefficient (Wildman–Crippen LogP) is 8.40. The first-order valence-corrected chi connectivity index (χ1v) is 15.7. The highest BCUT2D eigenvalue weighted by Gasteiger charge is 2.26. The number of H-pyrrole nitrogens is 3. The van der Waals surface area contributed by atoms with Gasteiger partial charge in [-0.25, -0.2) is 9.59 Å². The largest absolute Gasteiger partial charge is 0.455 e. The van der Waals surface area contributed by atoms with Crippen LogP contribution in [0.15, 0.2) is 21.8 Å². The molecule has 3 aromatic heterocycles. The number of hydrogen-bond acceptors (Lipinski definition) is 5. The van der Waals surface area contributed by atoms with Crippen molar-refractivity contribution < 1.29 is 19.1 Å². The van der Waals surface area contributed by atoms with E-state index in [1.165, 1.54) is 5.56 Å². The highest BCUT2D eigenvalue weighted by Crippen LogP contribution is 2.32. The van der Waals surface area contributed by atoms with Gasteiger partial charge in [0.05, 0.1) is 11.4 Å². The minimum atomic E-state index is -0.565. The number of aromatic nitrogens is 3. The molecule has 3 N–H and O–H groups in total. The molecule has 0 saturated heterocycles. The summed E-state index contributed by atoms with van der Waals surface area (Å²) in [5, 5.41) is 0. The lowest BCUT2D eigenvalue weighted by Crippen LogP contribution is -2.24. The average molecular weight is 615 g/mol. The first-order valence-electron chi connectivity index (χ1n) is 15.7. The summed E-state index contributed by atoms with van der Waals surface area (Å²) in [6.45, 7) is 27.7. The summed E-state index contributed by atoms with van der Waals surface area (Å²) in [4.78, 5) is 41.0. The number of carbonyl (C=O) groups excluding carboxylic acids is 2. The Hall–Kier alpha value is -4.07. The Bertz CT molecular complexity index is 1770. The molecule has 0 amide bonds. The van der Waals surface area contributed by atoms with E-state index in [0.717, 1.165) is 73.1 Å². The Morgan fingerprint density at radius 1 is 0.600 bits per heavy atom. The summed E-state index contributed by atoms with van der Waals surface area (Å²) in [5.41, 5.74) is 14.4. The Kier molecular flexibility index (Phi) is 9.04. The van der Waals surface area contributed by atoms with Gasteiger partial charge in [-0.3, -0.25) is 4.99 Å². The van der Waals surface area contributed by atoms with Crippen molar-refractivity contribution in [3.8, 4) is 0 Å². The van der Waals surface area contributed by atoms with E-state index in [1.807, 2.05) is 69.2 Å².